The molecule has 0 bridgehead atoms. The van der Waals surface area contributed by atoms with Gasteiger partial charge in [0.25, 0.3) is 5.91 Å². The molecule has 1 N–H and O–H groups in total. The molecule has 1 aliphatic rings. The van der Waals surface area contributed by atoms with Gasteiger partial charge in [-0.2, -0.15) is 0 Å². The summed E-state index contributed by atoms with van der Waals surface area (Å²) in [5, 5.41) is 2.75. The van der Waals surface area contributed by atoms with Crippen LogP contribution in [-0.2, 0) is 22.4 Å². The van der Waals surface area contributed by atoms with Crippen molar-refractivity contribution in [3.05, 3.63) is 45.9 Å². The van der Waals surface area contributed by atoms with Crippen molar-refractivity contribution in [1.29, 1.82) is 0 Å². The first-order valence-corrected chi connectivity index (χ1v) is 9.02. The molecule has 2 aromatic rings. The lowest BCUT2D eigenvalue weighted by atomic mass is 9.99. The molecule has 1 amide bonds. The monoisotopic (exact) mass is 344 g/mol. The van der Waals surface area contributed by atoms with E-state index in [4.69, 9.17) is 4.74 Å². The van der Waals surface area contributed by atoms with Gasteiger partial charge in [-0.3, -0.25) is 9.78 Å². The standard InChI is InChI=1S/C18H20N2O3S/c1-2-14(17(21)20-13-7-9-19-10-8-13)23-18(22)16-11-12-5-3-4-6-15(12)24-16/h7-11,14H,2-6H2,1H3,(H,19,20,21). The molecule has 24 heavy (non-hydrogen) atoms. The highest BCUT2D eigenvalue weighted by molar-refractivity contribution is 7.14. The van der Waals surface area contributed by atoms with Crippen LogP contribution in [0.1, 0.15) is 46.3 Å². The zero-order chi connectivity index (χ0) is 16.9. The third-order valence-corrected chi connectivity index (χ3v) is 5.28. The van der Waals surface area contributed by atoms with E-state index >= 15 is 0 Å². The van der Waals surface area contributed by atoms with Crippen LogP contribution in [0.15, 0.2) is 30.6 Å². The smallest absolute Gasteiger partial charge is 0.349 e. The molecule has 1 aliphatic carbocycles. The molecular weight excluding hydrogens is 324 g/mol. The number of aryl methyl sites for hydroxylation is 2. The van der Waals surface area contributed by atoms with Gasteiger partial charge in [-0.1, -0.05) is 6.92 Å². The van der Waals surface area contributed by atoms with Crippen LogP contribution in [-0.4, -0.2) is 23.0 Å². The number of hydrogen-bond acceptors (Lipinski definition) is 5. The Bertz CT molecular complexity index is 704. The maximum atomic E-state index is 12.4. The van der Waals surface area contributed by atoms with Crippen molar-refractivity contribution in [2.45, 2.75) is 45.1 Å². The molecule has 0 saturated carbocycles. The molecule has 0 fully saturated rings. The Morgan fingerprint density at radius 1 is 1.29 bits per heavy atom. The van der Waals surface area contributed by atoms with E-state index in [2.05, 4.69) is 10.3 Å². The number of carbonyl (C=O) groups is 2. The molecular formula is C18H20N2O3S. The van der Waals surface area contributed by atoms with E-state index in [1.54, 1.807) is 24.5 Å². The predicted octanol–water partition coefficient (Wildman–Crippen LogP) is 3.60. The van der Waals surface area contributed by atoms with Crippen LogP contribution >= 0.6 is 11.3 Å². The minimum atomic E-state index is -0.801. The van der Waals surface area contributed by atoms with Crippen LogP contribution in [0.2, 0.25) is 0 Å². The number of thiophene rings is 1. The number of hydrogen-bond donors (Lipinski definition) is 1. The first-order chi connectivity index (χ1) is 11.7. The van der Waals surface area contributed by atoms with Crippen molar-refractivity contribution in [2.24, 2.45) is 0 Å². The molecule has 1 unspecified atom stereocenters. The average Bonchev–Trinajstić information content (AvgIpc) is 3.04. The van der Waals surface area contributed by atoms with Gasteiger partial charge in [-0.15, -0.1) is 11.3 Å². The second-order valence-corrected chi connectivity index (χ2v) is 6.93. The second kappa shape index (κ2) is 7.57. The van der Waals surface area contributed by atoms with Crippen molar-refractivity contribution in [3.63, 3.8) is 0 Å². The molecule has 0 aromatic carbocycles. The molecule has 2 aromatic heterocycles. The van der Waals surface area contributed by atoms with Crippen LogP contribution in [0.5, 0.6) is 0 Å². The fraction of sp³-hybridized carbons (Fsp3) is 0.389. The topological polar surface area (TPSA) is 68.3 Å². The number of rotatable bonds is 5. The van der Waals surface area contributed by atoms with Crippen molar-refractivity contribution in [3.8, 4) is 0 Å². The number of nitrogens with one attached hydrogen (secondary N) is 1. The number of esters is 1. The van der Waals surface area contributed by atoms with Crippen LogP contribution < -0.4 is 5.32 Å². The average molecular weight is 344 g/mol. The van der Waals surface area contributed by atoms with E-state index in [1.165, 1.54) is 34.6 Å². The predicted molar refractivity (Wildman–Crippen MR) is 93.3 cm³/mol. The largest absolute Gasteiger partial charge is 0.448 e. The summed E-state index contributed by atoms with van der Waals surface area (Å²) in [6, 6.07) is 5.31. The van der Waals surface area contributed by atoms with E-state index in [9.17, 15) is 9.59 Å². The first kappa shape index (κ1) is 16.6. The highest BCUT2D eigenvalue weighted by Crippen LogP contribution is 2.30. The molecule has 0 spiro atoms. The van der Waals surface area contributed by atoms with Crippen LogP contribution in [0.25, 0.3) is 0 Å². The minimum absolute atomic E-state index is 0.321. The fourth-order valence-corrected chi connectivity index (χ4v) is 3.90. The Morgan fingerprint density at radius 3 is 2.75 bits per heavy atom. The summed E-state index contributed by atoms with van der Waals surface area (Å²) in [6.07, 6.45) is 7.22. The van der Waals surface area contributed by atoms with Gasteiger partial charge in [0.15, 0.2) is 6.10 Å². The summed E-state index contributed by atoms with van der Waals surface area (Å²) in [6.45, 7) is 1.82. The third-order valence-electron chi connectivity index (χ3n) is 4.06. The maximum absolute atomic E-state index is 12.4. The van der Waals surface area contributed by atoms with Crippen LogP contribution in [0.3, 0.4) is 0 Å². The Morgan fingerprint density at radius 2 is 2.04 bits per heavy atom. The van der Waals surface area contributed by atoms with Crippen molar-refractivity contribution in [1.82, 2.24) is 4.98 Å². The van der Waals surface area contributed by atoms with Crippen LogP contribution in [0.4, 0.5) is 5.69 Å². The number of fused-ring (bicyclic) bond motifs is 1. The third kappa shape index (κ3) is 3.82. The normalized spacial score (nSPS) is 14.5. The summed E-state index contributed by atoms with van der Waals surface area (Å²) in [5.41, 5.74) is 1.89. The number of ether oxygens (including phenoxy) is 1. The maximum Gasteiger partial charge on any atom is 0.349 e. The number of carbonyl (C=O) groups excluding carboxylic acids is 2. The SMILES string of the molecule is CCC(OC(=O)c1cc2c(s1)CCCC2)C(=O)Nc1ccncc1. The van der Waals surface area contributed by atoms with E-state index in [0.29, 0.717) is 17.0 Å². The summed E-state index contributed by atoms with van der Waals surface area (Å²) < 4.78 is 5.44. The quantitative estimate of drug-likeness (QED) is 0.842. The van der Waals surface area contributed by atoms with Crippen molar-refractivity contribution in [2.75, 3.05) is 5.32 Å². The molecule has 5 nitrogen and oxygen atoms in total. The molecule has 2 heterocycles. The number of aromatic nitrogens is 1. The van der Waals surface area contributed by atoms with Gasteiger partial charge in [-0.05, 0) is 55.9 Å². The summed E-state index contributed by atoms with van der Waals surface area (Å²) in [4.78, 5) is 30.5. The van der Waals surface area contributed by atoms with Crippen molar-refractivity contribution < 1.29 is 14.3 Å². The van der Waals surface area contributed by atoms with Crippen molar-refractivity contribution >= 4 is 28.9 Å². The highest BCUT2D eigenvalue weighted by atomic mass is 32.1. The van der Waals surface area contributed by atoms with Gasteiger partial charge in [0.05, 0.1) is 0 Å². The molecule has 0 saturated heterocycles. The Labute approximate surface area is 145 Å². The first-order valence-electron chi connectivity index (χ1n) is 8.21. The molecule has 1 atom stereocenters. The highest BCUT2D eigenvalue weighted by Gasteiger charge is 2.24. The molecule has 6 heteroatoms. The molecule has 3 rings (SSSR count). The number of anilines is 1. The summed E-state index contributed by atoms with van der Waals surface area (Å²) in [5.74, 6) is -0.732. The summed E-state index contributed by atoms with van der Waals surface area (Å²) >= 11 is 1.50. The zero-order valence-electron chi connectivity index (χ0n) is 13.6. The summed E-state index contributed by atoms with van der Waals surface area (Å²) in [7, 11) is 0. The lowest BCUT2D eigenvalue weighted by Crippen LogP contribution is -2.31. The fourth-order valence-electron chi connectivity index (χ4n) is 2.76. The van der Waals surface area contributed by atoms with E-state index in [0.717, 1.165) is 12.8 Å². The van der Waals surface area contributed by atoms with E-state index in [1.807, 2.05) is 13.0 Å². The molecule has 0 radical (unpaired) electrons. The van der Waals surface area contributed by atoms with Crippen LogP contribution in [0, 0.1) is 0 Å². The Hall–Kier alpha value is -2.21. The van der Waals surface area contributed by atoms with Gasteiger partial charge in [-0.25, -0.2) is 4.79 Å². The Balaban J connectivity index is 1.65. The van der Waals surface area contributed by atoms with Gasteiger partial charge in [0.2, 0.25) is 0 Å². The Kier molecular flexibility index (Phi) is 5.25. The zero-order valence-corrected chi connectivity index (χ0v) is 14.4. The lowest BCUT2D eigenvalue weighted by Gasteiger charge is -2.15. The minimum Gasteiger partial charge on any atom is -0.448 e. The lowest BCUT2D eigenvalue weighted by molar-refractivity contribution is -0.124. The molecule has 0 aliphatic heterocycles. The van der Waals surface area contributed by atoms with Gasteiger partial charge < -0.3 is 10.1 Å². The van der Waals surface area contributed by atoms with Gasteiger partial charge in [0.1, 0.15) is 4.88 Å². The number of nitrogens with zero attached hydrogens (tertiary/aromatic N) is 1. The molecule has 126 valence electrons. The van der Waals surface area contributed by atoms with Gasteiger partial charge in [0, 0.05) is 23.0 Å². The van der Waals surface area contributed by atoms with Gasteiger partial charge >= 0.3 is 5.97 Å². The number of pyridine rings is 1. The number of amides is 1. The van der Waals surface area contributed by atoms with E-state index in [-0.39, 0.29) is 5.91 Å². The second-order valence-electron chi connectivity index (χ2n) is 5.79. The van der Waals surface area contributed by atoms with E-state index < -0.39 is 12.1 Å².